The monoisotopic (exact) mass is 474 g/mol. The van der Waals surface area contributed by atoms with Gasteiger partial charge in [0.15, 0.2) is 0 Å². The van der Waals surface area contributed by atoms with Gasteiger partial charge in [-0.25, -0.2) is 13.1 Å². The summed E-state index contributed by atoms with van der Waals surface area (Å²) >= 11 is 0. The van der Waals surface area contributed by atoms with E-state index in [0.717, 1.165) is 16.9 Å². The van der Waals surface area contributed by atoms with Gasteiger partial charge in [0.2, 0.25) is 0 Å². The van der Waals surface area contributed by atoms with Crippen LogP contribution in [0.3, 0.4) is 0 Å². The Bertz CT molecular complexity index is 1380. The minimum Gasteiger partial charge on any atom is -0.345 e. The summed E-state index contributed by atoms with van der Waals surface area (Å²) in [4.78, 5) is 12.9. The zero-order valence-corrected chi connectivity index (χ0v) is 20.0. The highest BCUT2D eigenvalue weighted by Gasteiger charge is 2.22. The Hall–Kier alpha value is -3.91. The van der Waals surface area contributed by atoms with E-state index in [1.54, 1.807) is 30.5 Å². The number of hydrogen-bond donors (Lipinski definition) is 1. The molecule has 0 spiro atoms. The van der Waals surface area contributed by atoms with Crippen LogP contribution in [0.4, 0.5) is 5.69 Å². The Labute approximate surface area is 199 Å². The molecule has 0 saturated heterocycles. The van der Waals surface area contributed by atoms with E-state index in [1.807, 2.05) is 54.9 Å². The largest absolute Gasteiger partial charge is 0.345 e. The van der Waals surface area contributed by atoms with E-state index in [1.165, 1.54) is 35.6 Å². The lowest BCUT2D eigenvalue weighted by Crippen LogP contribution is -2.28. The zero-order valence-electron chi connectivity index (χ0n) is 19.2. The maximum atomic E-state index is 12.9. The summed E-state index contributed by atoms with van der Waals surface area (Å²) in [6, 6.07) is 24.3. The highest BCUT2D eigenvalue weighted by Crippen LogP contribution is 2.23. The number of hydrogen-bond acceptors (Lipinski definition) is 4. The molecule has 1 N–H and O–H groups in total. The fourth-order valence-corrected chi connectivity index (χ4v) is 4.94. The van der Waals surface area contributed by atoms with Gasteiger partial charge in [0.25, 0.3) is 15.9 Å². The summed E-state index contributed by atoms with van der Waals surface area (Å²) in [5.74, 6) is -0.292. The van der Waals surface area contributed by atoms with Crippen LogP contribution in [-0.4, -0.2) is 31.2 Å². The molecule has 34 heavy (non-hydrogen) atoms. The molecule has 1 atom stereocenters. The van der Waals surface area contributed by atoms with Crippen LogP contribution >= 0.6 is 0 Å². The number of aromatic nitrogens is 2. The van der Waals surface area contributed by atoms with Crippen molar-refractivity contribution in [1.82, 2.24) is 15.1 Å². The standard InChI is InChI=1S/C26H26N4O3S/c1-19(25-18-27-30(20(25)2)23-12-8-5-9-13-23)28-26(31)21-14-16-24(17-15-21)34(32,33)29(3)22-10-6-4-7-11-22/h4-19H,1-3H3,(H,28,31). The van der Waals surface area contributed by atoms with Crippen LogP contribution in [0.25, 0.3) is 5.69 Å². The molecule has 7 nitrogen and oxygen atoms in total. The molecule has 1 aromatic heterocycles. The lowest BCUT2D eigenvalue weighted by molar-refractivity contribution is 0.0939. The fraction of sp³-hybridized carbons (Fsp3) is 0.154. The van der Waals surface area contributed by atoms with Gasteiger partial charge in [-0.2, -0.15) is 5.10 Å². The molecule has 0 aliphatic rings. The molecule has 174 valence electrons. The van der Waals surface area contributed by atoms with Crippen LogP contribution in [0.2, 0.25) is 0 Å². The van der Waals surface area contributed by atoms with Crippen molar-refractivity contribution >= 4 is 21.6 Å². The number of sulfonamides is 1. The summed E-state index contributed by atoms with van der Waals surface area (Å²) in [5, 5.41) is 7.43. The summed E-state index contributed by atoms with van der Waals surface area (Å²) in [6.45, 7) is 3.85. The van der Waals surface area contributed by atoms with Crippen molar-refractivity contribution in [1.29, 1.82) is 0 Å². The predicted octanol–water partition coefficient (Wildman–Crippen LogP) is 4.50. The first-order valence-corrected chi connectivity index (χ1v) is 12.3. The van der Waals surface area contributed by atoms with Crippen molar-refractivity contribution in [2.45, 2.75) is 24.8 Å². The van der Waals surface area contributed by atoms with Crippen molar-refractivity contribution in [3.8, 4) is 5.69 Å². The number of anilines is 1. The fourth-order valence-electron chi connectivity index (χ4n) is 3.75. The molecule has 4 aromatic rings. The highest BCUT2D eigenvalue weighted by molar-refractivity contribution is 7.92. The highest BCUT2D eigenvalue weighted by atomic mass is 32.2. The van der Waals surface area contributed by atoms with Crippen LogP contribution in [0.1, 0.15) is 34.6 Å². The molecule has 8 heteroatoms. The number of amides is 1. The Kier molecular flexibility index (Phi) is 6.51. The van der Waals surface area contributed by atoms with Gasteiger partial charge >= 0.3 is 0 Å². The lowest BCUT2D eigenvalue weighted by Gasteiger charge is -2.19. The molecular weight excluding hydrogens is 448 g/mol. The SMILES string of the molecule is Cc1c(C(C)NC(=O)c2ccc(S(=O)(=O)N(C)c3ccccc3)cc2)cnn1-c1ccccc1. The third-order valence-corrected chi connectivity index (χ3v) is 7.56. The Morgan fingerprint density at radius 3 is 2.15 bits per heavy atom. The number of carbonyl (C=O) groups is 1. The van der Waals surface area contributed by atoms with Crippen LogP contribution in [-0.2, 0) is 10.0 Å². The van der Waals surface area contributed by atoms with Gasteiger partial charge in [0, 0.05) is 23.9 Å². The van der Waals surface area contributed by atoms with Crippen LogP contribution in [0.5, 0.6) is 0 Å². The molecule has 0 radical (unpaired) electrons. The number of nitrogens with one attached hydrogen (secondary N) is 1. The maximum Gasteiger partial charge on any atom is 0.264 e. The molecule has 3 aromatic carbocycles. The molecular formula is C26H26N4O3S. The maximum absolute atomic E-state index is 12.9. The average molecular weight is 475 g/mol. The second kappa shape index (κ2) is 9.52. The van der Waals surface area contributed by atoms with Gasteiger partial charge in [0.05, 0.1) is 28.5 Å². The van der Waals surface area contributed by atoms with E-state index in [0.29, 0.717) is 11.3 Å². The number of carbonyl (C=O) groups excluding carboxylic acids is 1. The van der Waals surface area contributed by atoms with E-state index < -0.39 is 10.0 Å². The smallest absolute Gasteiger partial charge is 0.264 e. The molecule has 0 aliphatic carbocycles. The predicted molar refractivity (Wildman–Crippen MR) is 133 cm³/mol. The minimum atomic E-state index is -3.74. The summed E-state index contributed by atoms with van der Waals surface area (Å²) in [5.41, 5.74) is 3.72. The van der Waals surface area contributed by atoms with E-state index in [4.69, 9.17) is 0 Å². The number of nitrogens with zero attached hydrogens (tertiary/aromatic N) is 3. The molecule has 0 bridgehead atoms. The van der Waals surface area contributed by atoms with Gasteiger partial charge in [-0.1, -0.05) is 36.4 Å². The van der Waals surface area contributed by atoms with Crippen molar-refractivity contribution in [2.24, 2.45) is 0 Å². The molecule has 1 unspecified atom stereocenters. The van der Waals surface area contributed by atoms with Crippen LogP contribution in [0, 0.1) is 6.92 Å². The van der Waals surface area contributed by atoms with Crippen LogP contribution in [0.15, 0.2) is 96.0 Å². The van der Waals surface area contributed by atoms with Crippen LogP contribution < -0.4 is 9.62 Å². The first kappa shape index (κ1) is 23.3. The first-order chi connectivity index (χ1) is 16.3. The first-order valence-electron chi connectivity index (χ1n) is 10.8. The van der Waals surface area contributed by atoms with Gasteiger partial charge in [-0.3, -0.25) is 9.10 Å². The van der Waals surface area contributed by atoms with Crippen molar-refractivity contribution < 1.29 is 13.2 Å². The van der Waals surface area contributed by atoms with Gasteiger partial charge < -0.3 is 5.32 Å². The number of benzene rings is 3. The Morgan fingerprint density at radius 1 is 0.941 bits per heavy atom. The minimum absolute atomic E-state index is 0.114. The second-order valence-electron chi connectivity index (χ2n) is 7.96. The molecule has 1 heterocycles. The van der Waals surface area contributed by atoms with E-state index in [-0.39, 0.29) is 16.8 Å². The zero-order chi connectivity index (χ0) is 24.3. The van der Waals surface area contributed by atoms with E-state index in [9.17, 15) is 13.2 Å². The lowest BCUT2D eigenvalue weighted by atomic mass is 10.1. The van der Waals surface area contributed by atoms with E-state index >= 15 is 0 Å². The average Bonchev–Trinajstić information content (AvgIpc) is 3.26. The Morgan fingerprint density at radius 2 is 1.53 bits per heavy atom. The molecule has 0 saturated carbocycles. The quantitative estimate of drug-likeness (QED) is 0.428. The van der Waals surface area contributed by atoms with E-state index in [2.05, 4.69) is 10.4 Å². The second-order valence-corrected chi connectivity index (χ2v) is 9.93. The normalized spacial score (nSPS) is 12.2. The molecule has 1 amide bonds. The summed E-state index contributed by atoms with van der Waals surface area (Å²) in [6.07, 6.45) is 1.75. The van der Waals surface area contributed by atoms with Crippen molar-refractivity contribution in [3.63, 3.8) is 0 Å². The third kappa shape index (κ3) is 4.58. The van der Waals surface area contributed by atoms with Gasteiger partial charge in [0.1, 0.15) is 0 Å². The van der Waals surface area contributed by atoms with Gasteiger partial charge in [-0.15, -0.1) is 0 Å². The molecule has 0 fully saturated rings. The third-order valence-electron chi connectivity index (χ3n) is 5.76. The topological polar surface area (TPSA) is 84.3 Å². The number of rotatable bonds is 7. The van der Waals surface area contributed by atoms with Crippen molar-refractivity contribution in [3.05, 3.63) is 108 Å². The molecule has 4 rings (SSSR count). The number of para-hydroxylation sites is 2. The molecule has 0 aliphatic heterocycles. The summed E-state index contributed by atoms with van der Waals surface area (Å²) in [7, 11) is -2.23. The summed E-state index contributed by atoms with van der Waals surface area (Å²) < 4.78 is 29.0. The Balaban J connectivity index is 1.48. The van der Waals surface area contributed by atoms with Crippen molar-refractivity contribution in [2.75, 3.05) is 11.4 Å². The van der Waals surface area contributed by atoms with Gasteiger partial charge in [-0.05, 0) is 62.4 Å².